The molecule has 0 fully saturated rings. The molecule has 2 aromatic carbocycles. The maximum absolute atomic E-state index is 12.8. The Labute approximate surface area is 150 Å². The second-order valence-corrected chi connectivity index (χ2v) is 6.28. The third-order valence-corrected chi connectivity index (χ3v) is 4.59. The first-order valence-electron chi connectivity index (χ1n) is 7.60. The number of rotatable bonds is 5. The van der Waals surface area contributed by atoms with Gasteiger partial charge in [0.05, 0.1) is 18.4 Å². The van der Waals surface area contributed by atoms with Crippen molar-refractivity contribution in [3.63, 3.8) is 0 Å². The average molecular weight is 351 g/mol. The molecule has 0 radical (unpaired) electrons. The molecule has 0 saturated heterocycles. The molecule has 1 heterocycles. The number of aromatic nitrogens is 1. The van der Waals surface area contributed by atoms with E-state index < -0.39 is 0 Å². The summed E-state index contributed by atoms with van der Waals surface area (Å²) in [5, 5.41) is 2.88. The lowest BCUT2D eigenvalue weighted by Gasteiger charge is -2.14. The molecule has 6 heteroatoms. The number of nitrogens with zero attached hydrogens (tertiary/aromatic N) is 1. The fourth-order valence-corrected chi connectivity index (χ4v) is 3.31. The van der Waals surface area contributed by atoms with Crippen LogP contribution in [0.3, 0.4) is 0 Å². The molecular formula is C19H17N3O2S. The van der Waals surface area contributed by atoms with Gasteiger partial charge >= 0.3 is 0 Å². The number of pyridine rings is 1. The van der Waals surface area contributed by atoms with Crippen LogP contribution in [0.5, 0.6) is 5.75 Å². The number of anilines is 2. The second-order valence-electron chi connectivity index (χ2n) is 5.16. The number of carbonyl (C=O) groups excluding carboxylic acids is 1. The number of amides is 1. The molecular weight excluding hydrogens is 334 g/mol. The van der Waals surface area contributed by atoms with E-state index in [4.69, 9.17) is 10.5 Å². The molecule has 3 aromatic rings. The predicted octanol–water partition coefficient (Wildman–Crippen LogP) is 4.08. The van der Waals surface area contributed by atoms with Gasteiger partial charge in [-0.25, -0.2) is 0 Å². The average Bonchev–Trinajstić information content (AvgIpc) is 2.63. The van der Waals surface area contributed by atoms with Crippen LogP contribution in [0.15, 0.2) is 76.8 Å². The number of carbonyl (C=O) groups is 1. The monoisotopic (exact) mass is 351 g/mol. The summed E-state index contributed by atoms with van der Waals surface area (Å²) < 4.78 is 5.28. The second kappa shape index (κ2) is 7.72. The van der Waals surface area contributed by atoms with Crippen molar-refractivity contribution in [3.05, 3.63) is 72.6 Å². The highest BCUT2D eigenvalue weighted by Crippen LogP contribution is 2.34. The van der Waals surface area contributed by atoms with Crippen molar-refractivity contribution >= 4 is 29.0 Å². The van der Waals surface area contributed by atoms with Gasteiger partial charge in [-0.05, 0) is 36.4 Å². The van der Waals surface area contributed by atoms with Crippen LogP contribution in [-0.2, 0) is 0 Å². The van der Waals surface area contributed by atoms with Gasteiger partial charge in [-0.3, -0.25) is 9.78 Å². The smallest absolute Gasteiger partial charge is 0.259 e. The molecule has 5 nitrogen and oxygen atoms in total. The molecule has 1 amide bonds. The maximum Gasteiger partial charge on any atom is 0.259 e. The fraction of sp³-hybridized carbons (Fsp3) is 0.0526. The van der Waals surface area contributed by atoms with Gasteiger partial charge in [0, 0.05) is 27.9 Å². The quantitative estimate of drug-likeness (QED) is 0.678. The predicted molar refractivity (Wildman–Crippen MR) is 100 cm³/mol. The van der Waals surface area contributed by atoms with E-state index in [0.29, 0.717) is 22.7 Å². The Kier molecular flexibility index (Phi) is 5.20. The van der Waals surface area contributed by atoms with Gasteiger partial charge in [-0.15, -0.1) is 0 Å². The first kappa shape index (κ1) is 16.9. The van der Waals surface area contributed by atoms with E-state index in [1.807, 2.05) is 36.4 Å². The largest absolute Gasteiger partial charge is 0.495 e. The van der Waals surface area contributed by atoms with Crippen molar-refractivity contribution in [2.24, 2.45) is 0 Å². The molecule has 0 saturated carbocycles. The molecule has 0 aliphatic heterocycles. The van der Waals surface area contributed by atoms with Crippen molar-refractivity contribution < 1.29 is 9.53 Å². The zero-order chi connectivity index (χ0) is 17.6. The SMILES string of the molecule is COc1ccccc1NC(=O)c1c(N)cccc1Sc1ccncc1. The summed E-state index contributed by atoms with van der Waals surface area (Å²) in [6.45, 7) is 0. The topological polar surface area (TPSA) is 77.2 Å². The number of nitrogen functional groups attached to an aromatic ring is 1. The molecule has 0 spiro atoms. The number of hydrogen-bond donors (Lipinski definition) is 2. The molecule has 0 unspecified atom stereocenters. The molecule has 1 aromatic heterocycles. The van der Waals surface area contributed by atoms with Crippen LogP contribution in [-0.4, -0.2) is 18.0 Å². The van der Waals surface area contributed by atoms with Crippen molar-refractivity contribution in [2.75, 3.05) is 18.2 Å². The Balaban J connectivity index is 1.92. The summed E-state index contributed by atoms with van der Waals surface area (Å²) >= 11 is 1.47. The number of nitrogens with one attached hydrogen (secondary N) is 1. The van der Waals surface area contributed by atoms with Gasteiger partial charge < -0.3 is 15.8 Å². The Bertz CT molecular complexity index is 885. The first-order valence-corrected chi connectivity index (χ1v) is 8.41. The van der Waals surface area contributed by atoms with E-state index in [1.54, 1.807) is 37.7 Å². The number of nitrogens with two attached hydrogens (primary N) is 1. The molecule has 0 atom stereocenters. The Morgan fingerprint density at radius 3 is 2.60 bits per heavy atom. The van der Waals surface area contributed by atoms with Crippen LogP contribution in [0.2, 0.25) is 0 Å². The highest BCUT2D eigenvalue weighted by molar-refractivity contribution is 7.99. The van der Waals surface area contributed by atoms with Crippen LogP contribution in [0.1, 0.15) is 10.4 Å². The number of methoxy groups -OCH3 is 1. The summed E-state index contributed by atoms with van der Waals surface area (Å²) in [6.07, 6.45) is 3.42. The van der Waals surface area contributed by atoms with Crippen LogP contribution < -0.4 is 15.8 Å². The van der Waals surface area contributed by atoms with Crippen molar-refractivity contribution in [3.8, 4) is 5.75 Å². The first-order chi connectivity index (χ1) is 12.2. The highest BCUT2D eigenvalue weighted by atomic mass is 32.2. The van der Waals surface area contributed by atoms with Crippen molar-refractivity contribution in [1.29, 1.82) is 0 Å². The van der Waals surface area contributed by atoms with E-state index in [1.165, 1.54) is 11.8 Å². The standard InChI is InChI=1S/C19H17N3O2S/c1-24-16-7-3-2-6-15(16)22-19(23)18-14(20)5-4-8-17(18)25-13-9-11-21-12-10-13/h2-12H,20H2,1H3,(H,22,23). The number of benzene rings is 2. The summed E-state index contributed by atoms with van der Waals surface area (Å²) in [7, 11) is 1.56. The minimum absolute atomic E-state index is 0.279. The third-order valence-electron chi connectivity index (χ3n) is 3.52. The maximum atomic E-state index is 12.8. The van der Waals surface area contributed by atoms with Crippen LogP contribution in [0.4, 0.5) is 11.4 Å². The molecule has 3 N–H and O–H groups in total. The Morgan fingerprint density at radius 1 is 1.08 bits per heavy atom. The minimum atomic E-state index is -0.279. The van der Waals surface area contributed by atoms with E-state index >= 15 is 0 Å². The minimum Gasteiger partial charge on any atom is -0.495 e. The van der Waals surface area contributed by atoms with Gasteiger partial charge in [0.15, 0.2) is 0 Å². The van der Waals surface area contributed by atoms with Crippen molar-refractivity contribution in [1.82, 2.24) is 4.98 Å². The van der Waals surface area contributed by atoms with E-state index in [9.17, 15) is 4.79 Å². The number of para-hydroxylation sites is 2. The van der Waals surface area contributed by atoms with Crippen molar-refractivity contribution in [2.45, 2.75) is 9.79 Å². The summed E-state index contributed by atoms with van der Waals surface area (Å²) in [6, 6.07) is 16.4. The summed E-state index contributed by atoms with van der Waals surface area (Å²) in [5.74, 6) is 0.313. The van der Waals surface area contributed by atoms with Gasteiger partial charge in [-0.1, -0.05) is 30.0 Å². The number of hydrogen-bond acceptors (Lipinski definition) is 5. The van der Waals surface area contributed by atoms with Gasteiger partial charge in [-0.2, -0.15) is 0 Å². The van der Waals surface area contributed by atoms with E-state index in [-0.39, 0.29) is 5.91 Å². The Hall–Kier alpha value is -2.99. The zero-order valence-electron chi connectivity index (χ0n) is 13.6. The van der Waals surface area contributed by atoms with Crippen LogP contribution >= 0.6 is 11.8 Å². The van der Waals surface area contributed by atoms with Gasteiger partial charge in [0.25, 0.3) is 5.91 Å². The Morgan fingerprint density at radius 2 is 1.84 bits per heavy atom. The molecule has 3 rings (SSSR count). The van der Waals surface area contributed by atoms with Crippen LogP contribution in [0.25, 0.3) is 0 Å². The lowest BCUT2D eigenvalue weighted by molar-refractivity contribution is 0.102. The summed E-state index contributed by atoms with van der Waals surface area (Å²) in [5.41, 5.74) is 7.54. The fourth-order valence-electron chi connectivity index (χ4n) is 2.34. The van der Waals surface area contributed by atoms with Gasteiger partial charge in [0.2, 0.25) is 0 Å². The highest BCUT2D eigenvalue weighted by Gasteiger charge is 2.17. The van der Waals surface area contributed by atoms with E-state index in [0.717, 1.165) is 9.79 Å². The summed E-state index contributed by atoms with van der Waals surface area (Å²) in [4.78, 5) is 18.6. The molecule has 25 heavy (non-hydrogen) atoms. The van der Waals surface area contributed by atoms with Gasteiger partial charge in [0.1, 0.15) is 5.75 Å². The normalized spacial score (nSPS) is 10.3. The lowest BCUT2D eigenvalue weighted by Crippen LogP contribution is -2.15. The lowest BCUT2D eigenvalue weighted by atomic mass is 10.1. The third kappa shape index (κ3) is 3.92. The molecule has 0 aliphatic rings. The molecule has 126 valence electrons. The molecule has 0 bridgehead atoms. The van der Waals surface area contributed by atoms with E-state index in [2.05, 4.69) is 10.3 Å². The molecule has 0 aliphatic carbocycles. The number of ether oxygens (including phenoxy) is 1. The van der Waals surface area contributed by atoms with Crippen LogP contribution in [0, 0.1) is 0 Å². The zero-order valence-corrected chi connectivity index (χ0v) is 14.4.